The normalized spacial score (nSPS) is 10.9. The van der Waals surface area contributed by atoms with Gasteiger partial charge in [0, 0.05) is 7.05 Å². The Balaban J connectivity index is 1.99. The van der Waals surface area contributed by atoms with Gasteiger partial charge in [0.1, 0.15) is 0 Å². The number of aldehydes is 1. The summed E-state index contributed by atoms with van der Waals surface area (Å²) >= 11 is 1.40. The van der Waals surface area contributed by atoms with E-state index in [0.717, 1.165) is 16.2 Å². The molecule has 5 heteroatoms. The Kier molecular flexibility index (Phi) is 2.68. The van der Waals surface area contributed by atoms with Gasteiger partial charge in [0.05, 0.1) is 11.0 Å². The van der Waals surface area contributed by atoms with E-state index in [0.29, 0.717) is 17.1 Å². The highest BCUT2D eigenvalue weighted by Gasteiger charge is 2.11. The van der Waals surface area contributed by atoms with Crippen LogP contribution in [-0.2, 0) is 7.05 Å². The quantitative estimate of drug-likeness (QED) is 0.677. The number of para-hydroxylation sites is 2. The van der Waals surface area contributed by atoms with Gasteiger partial charge in [-0.15, -0.1) is 0 Å². The molecule has 0 N–H and O–H groups in total. The van der Waals surface area contributed by atoms with Gasteiger partial charge >= 0.3 is 0 Å². The molecule has 0 unspecified atom stereocenters. The van der Waals surface area contributed by atoms with Crippen molar-refractivity contribution in [3.8, 4) is 0 Å². The third kappa shape index (κ3) is 1.82. The van der Waals surface area contributed by atoms with E-state index in [9.17, 15) is 4.79 Å². The van der Waals surface area contributed by atoms with Crippen molar-refractivity contribution in [2.75, 3.05) is 0 Å². The first-order chi connectivity index (χ1) is 8.78. The van der Waals surface area contributed by atoms with E-state index >= 15 is 0 Å². The van der Waals surface area contributed by atoms with Crippen LogP contribution in [0.15, 0.2) is 51.1 Å². The van der Waals surface area contributed by atoms with Gasteiger partial charge in [-0.1, -0.05) is 12.1 Å². The summed E-state index contributed by atoms with van der Waals surface area (Å²) in [6.07, 6.45) is 0.693. The van der Waals surface area contributed by atoms with Crippen LogP contribution in [0.25, 0.3) is 11.0 Å². The topological polar surface area (TPSA) is 48.0 Å². The molecule has 0 saturated heterocycles. The van der Waals surface area contributed by atoms with Crippen LogP contribution in [0.4, 0.5) is 0 Å². The third-order valence-corrected chi connectivity index (χ3v) is 3.62. The molecule has 0 aliphatic heterocycles. The number of carbonyl (C=O) groups excluding carboxylic acids is 1. The van der Waals surface area contributed by atoms with E-state index in [2.05, 4.69) is 4.98 Å². The molecule has 18 heavy (non-hydrogen) atoms. The summed E-state index contributed by atoms with van der Waals surface area (Å²) < 4.78 is 7.33. The number of nitrogens with zero attached hydrogens (tertiary/aromatic N) is 2. The molecule has 0 spiro atoms. The van der Waals surface area contributed by atoms with Gasteiger partial charge in [-0.2, -0.15) is 0 Å². The van der Waals surface area contributed by atoms with Gasteiger partial charge < -0.3 is 8.98 Å². The molecule has 0 saturated carbocycles. The number of aryl methyl sites for hydroxylation is 1. The number of imidazole rings is 1. The predicted molar refractivity (Wildman–Crippen MR) is 68.9 cm³/mol. The fourth-order valence-electron chi connectivity index (χ4n) is 1.76. The summed E-state index contributed by atoms with van der Waals surface area (Å²) in [4.78, 5) is 15.1. The van der Waals surface area contributed by atoms with Crippen LogP contribution in [0, 0.1) is 0 Å². The zero-order valence-corrected chi connectivity index (χ0v) is 10.5. The van der Waals surface area contributed by atoms with Gasteiger partial charge in [0.15, 0.2) is 22.3 Å². The molecule has 90 valence electrons. The van der Waals surface area contributed by atoms with Crippen molar-refractivity contribution in [3.63, 3.8) is 0 Å². The lowest BCUT2D eigenvalue weighted by molar-refractivity contribution is 0.109. The van der Waals surface area contributed by atoms with Crippen LogP contribution in [-0.4, -0.2) is 15.8 Å². The van der Waals surface area contributed by atoms with E-state index in [1.54, 1.807) is 12.1 Å². The molecule has 0 amide bonds. The summed E-state index contributed by atoms with van der Waals surface area (Å²) in [5.41, 5.74) is 2.02. The summed E-state index contributed by atoms with van der Waals surface area (Å²) in [5.74, 6) is 0.330. The summed E-state index contributed by atoms with van der Waals surface area (Å²) in [6, 6.07) is 11.4. The SMILES string of the molecule is Cn1c(Sc2ccc(C=O)o2)nc2ccccc21. The fourth-order valence-corrected chi connectivity index (χ4v) is 2.59. The number of hydrogen-bond donors (Lipinski definition) is 0. The lowest BCUT2D eigenvalue weighted by Gasteiger charge is -1.98. The standard InChI is InChI=1S/C13H10N2O2S/c1-15-11-5-3-2-4-10(11)14-13(15)18-12-7-6-9(8-16)17-12/h2-8H,1H3. The Morgan fingerprint density at radius 3 is 2.83 bits per heavy atom. The van der Waals surface area contributed by atoms with Crippen LogP contribution in [0.2, 0.25) is 0 Å². The summed E-state index contributed by atoms with van der Waals surface area (Å²) in [7, 11) is 1.96. The van der Waals surface area contributed by atoms with Crippen LogP contribution < -0.4 is 0 Å². The van der Waals surface area contributed by atoms with Crippen LogP contribution in [0.5, 0.6) is 0 Å². The van der Waals surface area contributed by atoms with Gasteiger partial charge in [-0.25, -0.2) is 4.98 Å². The second kappa shape index (κ2) is 4.34. The molecule has 1 aromatic carbocycles. The molecule has 4 nitrogen and oxygen atoms in total. The highest BCUT2D eigenvalue weighted by Crippen LogP contribution is 2.30. The lowest BCUT2D eigenvalue weighted by atomic mass is 10.3. The maximum absolute atomic E-state index is 10.6. The first-order valence-electron chi connectivity index (χ1n) is 5.42. The molecular formula is C13H10N2O2S. The third-order valence-electron chi connectivity index (χ3n) is 2.66. The number of rotatable bonds is 3. The Morgan fingerprint density at radius 1 is 1.28 bits per heavy atom. The molecule has 0 atom stereocenters. The van der Waals surface area contributed by atoms with Crippen LogP contribution >= 0.6 is 11.8 Å². The number of fused-ring (bicyclic) bond motifs is 1. The molecule has 0 aliphatic carbocycles. The molecule has 0 fully saturated rings. The van der Waals surface area contributed by atoms with Gasteiger partial charge in [-0.3, -0.25) is 4.79 Å². The highest BCUT2D eigenvalue weighted by molar-refractivity contribution is 7.99. The van der Waals surface area contributed by atoms with E-state index in [-0.39, 0.29) is 0 Å². The zero-order chi connectivity index (χ0) is 12.5. The number of hydrogen-bond acceptors (Lipinski definition) is 4. The average Bonchev–Trinajstić information content (AvgIpc) is 2.97. The van der Waals surface area contributed by atoms with E-state index in [1.807, 2.05) is 35.9 Å². The van der Waals surface area contributed by atoms with Crippen molar-refractivity contribution >= 4 is 29.1 Å². The van der Waals surface area contributed by atoms with Gasteiger partial charge in [0.25, 0.3) is 0 Å². The molecular weight excluding hydrogens is 248 g/mol. The van der Waals surface area contributed by atoms with Gasteiger partial charge in [-0.05, 0) is 36.0 Å². The molecule has 0 aliphatic rings. The maximum Gasteiger partial charge on any atom is 0.185 e. The predicted octanol–water partition coefficient (Wildman–Crippen LogP) is 3.13. The number of benzene rings is 1. The number of aromatic nitrogens is 2. The fraction of sp³-hybridized carbons (Fsp3) is 0.0769. The zero-order valence-electron chi connectivity index (χ0n) is 9.66. The smallest absolute Gasteiger partial charge is 0.185 e. The van der Waals surface area contributed by atoms with Crippen molar-refractivity contribution < 1.29 is 9.21 Å². The van der Waals surface area contributed by atoms with E-state index in [1.165, 1.54) is 11.8 Å². The van der Waals surface area contributed by atoms with E-state index in [4.69, 9.17) is 4.42 Å². The van der Waals surface area contributed by atoms with Crippen molar-refractivity contribution in [3.05, 3.63) is 42.2 Å². The number of carbonyl (C=O) groups is 1. The average molecular weight is 258 g/mol. The first-order valence-corrected chi connectivity index (χ1v) is 6.24. The van der Waals surface area contributed by atoms with Crippen LogP contribution in [0.1, 0.15) is 10.6 Å². The molecule has 3 rings (SSSR count). The molecule has 2 aromatic heterocycles. The van der Waals surface area contributed by atoms with Crippen molar-refractivity contribution in [2.45, 2.75) is 10.2 Å². The van der Waals surface area contributed by atoms with E-state index < -0.39 is 0 Å². The van der Waals surface area contributed by atoms with Crippen molar-refractivity contribution in [2.24, 2.45) is 7.05 Å². The van der Waals surface area contributed by atoms with Crippen molar-refractivity contribution in [1.29, 1.82) is 0 Å². The van der Waals surface area contributed by atoms with Crippen LogP contribution in [0.3, 0.4) is 0 Å². The van der Waals surface area contributed by atoms with Gasteiger partial charge in [0.2, 0.25) is 0 Å². The Hall–Kier alpha value is -2.01. The second-order valence-corrected chi connectivity index (χ2v) is 4.79. The largest absolute Gasteiger partial charge is 0.447 e. The summed E-state index contributed by atoms with van der Waals surface area (Å²) in [6.45, 7) is 0. The monoisotopic (exact) mass is 258 g/mol. The second-order valence-electron chi connectivity index (χ2n) is 3.82. The minimum Gasteiger partial charge on any atom is -0.447 e. The van der Waals surface area contributed by atoms with Crippen molar-refractivity contribution in [1.82, 2.24) is 9.55 Å². The minimum atomic E-state index is 0.330. The highest BCUT2D eigenvalue weighted by atomic mass is 32.2. The Bertz CT molecular complexity index is 715. The number of furan rings is 1. The summed E-state index contributed by atoms with van der Waals surface area (Å²) in [5, 5.41) is 1.50. The Labute approximate surface area is 108 Å². The first kappa shape index (κ1) is 11.1. The lowest BCUT2D eigenvalue weighted by Crippen LogP contribution is -1.89. The molecule has 2 heterocycles. The molecule has 3 aromatic rings. The molecule has 0 radical (unpaired) electrons. The minimum absolute atomic E-state index is 0.330. The maximum atomic E-state index is 10.6. The Morgan fingerprint density at radius 2 is 2.11 bits per heavy atom. The molecule has 0 bridgehead atoms.